The molecule has 41 heavy (non-hydrogen) atoms. The Morgan fingerprint density at radius 3 is 1.88 bits per heavy atom. The fourth-order valence-corrected chi connectivity index (χ4v) is 7.26. The summed E-state index contributed by atoms with van der Waals surface area (Å²) in [4.78, 5) is 0. The van der Waals surface area contributed by atoms with Crippen LogP contribution in [0.1, 0.15) is 101 Å². The van der Waals surface area contributed by atoms with E-state index in [-0.39, 0.29) is 30.7 Å². The predicted octanol–water partition coefficient (Wildman–Crippen LogP) is 10.1. The highest BCUT2D eigenvalue weighted by molar-refractivity contribution is 5.28. The van der Waals surface area contributed by atoms with Gasteiger partial charge >= 0.3 is 6.11 Å². The maximum absolute atomic E-state index is 15.1. The van der Waals surface area contributed by atoms with Gasteiger partial charge in [0.2, 0.25) is 0 Å². The van der Waals surface area contributed by atoms with Gasteiger partial charge in [-0.15, -0.1) is 0 Å². The first kappa shape index (κ1) is 30.2. The van der Waals surface area contributed by atoms with E-state index in [0.29, 0.717) is 37.1 Å². The zero-order chi connectivity index (χ0) is 29.1. The molecule has 226 valence electrons. The van der Waals surface area contributed by atoms with Gasteiger partial charge in [0, 0.05) is 12.1 Å². The molecule has 0 atom stereocenters. The fourth-order valence-electron chi connectivity index (χ4n) is 7.26. The average Bonchev–Trinajstić information content (AvgIpc) is 2.95. The molecule has 0 aliphatic heterocycles. The smallest absolute Gasteiger partial charge is 0.400 e. The Bertz CT molecular complexity index is 1140. The van der Waals surface area contributed by atoms with Gasteiger partial charge in [0.05, 0.1) is 18.6 Å². The molecule has 0 spiro atoms. The van der Waals surface area contributed by atoms with Crippen molar-refractivity contribution in [2.24, 2.45) is 23.7 Å². The highest BCUT2D eigenvalue weighted by atomic mass is 19.3. The van der Waals surface area contributed by atoms with Crippen LogP contribution in [0.25, 0.3) is 0 Å². The van der Waals surface area contributed by atoms with Crippen molar-refractivity contribution in [1.82, 2.24) is 0 Å². The van der Waals surface area contributed by atoms with Crippen molar-refractivity contribution >= 4 is 0 Å². The van der Waals surface area contributed by atoms with Crippen molar-refractivity contribution in [3.05, 3.63) is 64.7 Å². The maximum Gasteiger partial charge on any atom is 0.400 e. The van der Waals surface area contributed by atoms with Crippen LogP contribution in [0.15, 0.2) is 30.3 Å². The Balaban J connectivity index is 1.08. The normalized spacial score (nSPS) is 29.3. The zero-order valence-electron chi connectivity index (χ0n) is 23.6. The number of halogens is 6. The van der Waals surface area contributed by atoms with Crippen LogP contribution < -0.4 is 4.74 Å². The second-order valence-corrected chi connectivity index (χ2v) is 12.6. The number of hydrogen-bond donors (Lipinski definition) is 0. The Kier molecular flexibility index (Phi) is 9.57. The summed E-state index contributed by atoms with van der Waals surface area (Å²) in [5.74, 6) is -4.94. The van der Waals surface area contributed by atoms with Crippen molar-refractivity contribution in [2.75, 3.05) is 0 Å². The molecule has 3 fully saturated rings. The summed E-state index contributed by atoms with van der Waals surface area (Å²) in [6, 6.07) is 5.89. The molecule has 2 nitrogen and oxygen atoms in total. The van der Waals surface area contributed by atoms with E-state index in [9.17, 15) is 22.0 Å². The van der Waals surface area contributed by atoms with E-state index >= 15 is 4.39 Å². The largest absolute Gasteiger partial charge is 0.432 e. The van der Waals surface area contributed by atoms with Crippen LogP contribution in [0, 0.1) is 46.9 Å². The van der Waals surface area contributed by atoms with Crippen LogP contribution >= 0.6 is 0 Å². The molecule has 8 heteroatoms. The van der Waals surface area contributed by atoms with Gasteiger partial charge in [-0.25, -0.2) is 17.6 Å². The maximum atomic E-state index is 15.1. The minimum absolute atomic E-state index is 0.0523. The lowest BCUT2D eigenvalue weighted by Crippen LogP contribution is -2.37. The van der Waals surface area contributed by atoms with Gasteiger partial charge in [-0.3, -0.25) is 0 Å². The molecule has 3 aliphatic carbocycles. The Labute approximate surface area is 238 Å². The highest BCUT2D eigenvalue weighted by Gasteiger charge is 2.44. The first-order valence-corrected chi connectivity index (χ1v) is 15.2. The van der Waals surface area contributed by atoms with E-state index in [1.165, 1.54) is 44.6 Å². The lowest BCUT2D eigenvalue weighted by Gasteiger charge is -2.37. The second kappa shape index (κ2) is 13.0. The number of benzene rings is 2. The molecule has 5 rings (SSSR count). The molecule has 0 saturated heterocycles. The molecule has 0 radical (unpaired) electrons. The Morgan fingerprint density at radius 2 is 1.29 bits per heavy atom. The van der Waals surface area contributed by atoms with E-state index in [1.807, 2.05) is 6.07 Å². The summed E-state index contributed by atoms with van der Waals surface area (Å²) < 4.78 is 95.3. The lowest BCUT2D eigenvalue weighted by molar-refractivity contribution is -0.222. The molecule has 3 saturated carbocycles. The summed E-state index contributed by atoms with van der Waals surface area (Å²) in [5.41, 5.74) is 1.27. The van der Waals surface area contributed by atoms with Crippen molar-refractivity contribution in [3.8, 4) is 5.75 Å². The topological polar surface area (TPSA) is 18.5 Å². The first-order chi connectivity index (χ1) is 19.6. The standard InChI is InChI=1S/C33H40F6O2/c1-20-2-5-22(6-3-20)23-9-13-26(14-10-23)40-19-21-4-15-28(29(34)16-21)24-7-11-25(12-8-24)33(38,39)41-27-17-30(35)32(37)31(36)18-27/h4,15-18,20,22-26H,2-3,5-14,19H2,1H3. The van der Waals surface area contributed by atoms with Crippen molar-refractivity contribution in [3.63, 3.8) is 0 Å². The van der Waals surface area contributed by atoms with Gasteiger partial charge in [0.15, 0.2) is 17.5 Å². The van der Waals surface area contributed by atoms with E-state index < -0.39 is 35.2 Å². The van der Waals surface area contributed by atoms with Crippen LogP contribution in [0.4, 0.5) is 26.3 Å². The molecule has 0 N–H and O–H groups in total. The van der Waals surface area contributed by atoms with Gasteiger partial charge in [-0.2, -0.15) is 8.78 Å². The lowest BCUT2D eigenvalue weighted by atomic mass is 9.71. The Morgan fingerprint density at radius 1 is 0.707 bits per heavy atom. The molecule has 0 aromatic heterocycles. The molecule has 0 amide bonds. The second-order valence-electron chi connectivity index (χ2n) is 12.6. The molecular formula is C33H40F6O2. The molecule has 2 aromatic rings. The quantitative estimate of drug-likeness (QED) is 0.228. The summed E-state index contributed by atoms with van der Waals surface area (Å²) >= 11 is 0. The summed E-state index contributed by atoms with van der Waals surface area (Å²) in [6.45, 7) is 2.71. The minimum Gasteiger partial charge on any atom is -0.432 e. The minimum atomic E-state index is -3.70. The zero-order valence-corrected chi connectivity index (χ0v) is 23.6. The monoisotopic (exact) mass is 582 g/mol. The molecule has 0 bridgehead atoms. The first-order valence-electron chi connectivity index (χ1n) is 15.2. The van der Waals surface area contributed by atoms with Crippen molar-refractivity contribution in [2.45, 2.75) is 109 Å². The van der Waals surface area contributed by atoms with E-state index in [1.54, 1.807) is 6.07 Å². The molecule has 3 aliphatic rings. The number of alkyl halides is 2. The number of hydrogen-bond acceptors (Lipinski definition) is 2. The van der Waals surface area contributed by atoms with Gasteiger partial charge in [0.25, 0.3) is 0 Å². The average molecular weight is 583 g/mol. The van der Waals surface area contributed by atoms with Crippen molar-refractivity contribution < 1.29 is 35.8 Å². The van der Waals surface area contributed by atoms with E-state index in [0.717, 1.165) is 36.2 Å². The molecule has 0 unspecified atom stereocenters. The van der Waals surface area contributed by atoms with E-state index in [4.69, 9.17) is 4.74 Å². The third kappa shape index (κ3) is 7.41. The van der Waals surface area contributed by atoms with Crippen LogP contribution in [0.3, 0.4) is 0 Å². The molecular weight excluding hydrogens is 542 g/mol. The highest BCUT2D eigenvalue weighted by Crippen LogP contribution is 2.44. The molecule has 2 aromatic carbocycles. The van der Waals surface area contributed by atoms with Crippen LogP contribution in [0.5, 0.6) is 5.75 Å². The summed E-state index contributed by atoms with van der Waals surface area (Å²) in [6.07, 6.45) is 7.22. The fraction of sp³-hybridized carbons (Fsp3) is 0.636. The Hall–Kier alpha value is -2.22. The molecule has 0 heterocycles. The number of ether oxygens (including phenoxy) is 2. The van der Waals surface area contributed by atoms with Gasteiger partial charge in [-0.1, -0.05) is 31.9 Å². The van der Waals surface area contributed by atoms with Gasteiger partial charge < -0.3 is 9.47 Å². The number of rotatable bonds is 8. The third-order valence-electron chi connectivity index (χ3n) is 9.85. The predicted molar refractivity (Wildman–Crippen MR) is 145 cm³/mol. The van der Waals surface area contributed by atoms with Gasteiger partial charge in [-0.05, 0) is 105 Å². The van der Waals surface area contributed by atoms with Gasteiger partial charge in [0.1, 0.15) is 11.6 Å². The van der Waals surface area contributed by atoms with Crippen LogP contribution in [0.2, 0.25) is 0 Å². The summed E-state index contributed by atoms with van der Waals surface area (Å²) in [5, 5.41) is 0. The van der Waals surface area contributed by atoms with Crippen LogP contribution in [-0.2, 0) is 11.3 Å². The van der Waals surface area contributed by atoms with E-state index in [2.05, 4.69) is 11.7 Å². The third-order valence-corrected chi connectivity index (χ3v) is 9.85. The van der Waals surface area contributed by atoms with Crippen molar-refractivity contribution in [1.29, 1.82) is 0 Å². The summed E-state index contributed by atoms with van der Waals surface area (Å²) in [7, 11) is 0. The van der Waals surface area contributed by atoms with Crippen LogP contribution in [-0.4, -0.2) is 12.2 Å². The SMILES string of the molecule is CC1CCC(C2CCC(OCc3ccc(C4CCC(C(F)(F)Oc5cc(F)c(F)c(F)c5)CC4)c(F)c3)CC2)CC1.